The van der Waals surface area contributed by atoms with E-state index >= 15 is 0 Å². The number of anilines is 1. The van der Waals surface area contributed by atoms with E-state index in [4.69, 9.17) is 11.6 Å². The molecule has 0 radical (unpaired) electrons. The number of hydrogen-bond donors (Lipinski definition) is 1. The number of para-hydroxylation sites is 1. The molecule has 0 aliphatic carbocycles. The Morgan fingerprint density at radius 3 is 2.74 bits per heavy atom. The monoisotopic (exact) mass is 383 g/mol. The van der Waals surface area contributed by atoms with Gasteiger partial charge in [-0.15, -0.1) is 0 Å². The Morgan fingerprint density at radius 2 is 2.00 bits per heavy atom. The molecule has 2 aromatic rings. The second-order valence-electron chi connectivity index (χ2n) is 7.34. The summed E-state index contributed by atoms with van der Waals surface area (Å²) in [6.45, 7) is 4.42. The number of nitrogens with zero attached hydrogens (tertiary/aromatic N) is 2. The summed E-state index contributed by atoms with van der Waals surface area (Å²) in [5.41, 5.74) is 1.49. The van der Waals surface area contributed by atoms with Crippen molar-refractivity contribution in [1.82, 2.24) is 5.32 Å². The molecule has 1 saturated heterocycles. The molecule has 0 unspecified atom stereocenters. The van der Waals surface area contributed by atoms with E-state index < -0.39 is 16.0 Å². The highest BCUT2D eigenvalue weighted by molar-refractivity contribution is 6.32. The molecular weight excluding hydrogens is 366 g/mol. The number of amides is 1. The Labute approximate surface area is 161 Å². The fraction of sp³-hybridized carbons (Fsp3) is 0.250. The van der Waals surface area contributed by atoms with Gasteiger partial charge in [-0.3, -0.25) is 14.9 Å². The first-order valence-corrected chi connectivity index (χ1v) is 8.95. The zero-order valence-corrected chi connectivity index (χ0v) is 15.7. The maximum absolute atomic E-state index is 12.3. The van der Waals surface area contributed by atoms with Crippen LogP contribution in [0.2, 0.25) is 5.02 Å². The van der Waals surface area contributed by atoms with Gasteiger partial charge in [0.05, 0.1) is 11.5 Å². The first-order chi connectivity index (χ1) is 12.8. The zero-order valence-electron chi connectivity index (χ0n) is 14.9. The number of carbonyl (C=O) groups excluding carboxylic acids is 1. The molecule has 0 bridgehead atoms. The van der Waals surface area contributed by atoms with Crippen molar-refractivity contribution >= 4 is 35.0 Å². The van der Waals surface area contributed by atoms with Crippen LogP contribution in [0.1, 0.15) is 25.0 Å². The predicted molar refractivity (Wildman–Crippen MR) is 105 cm³/mol. The van der Waals surface area contributed by atoms with E-state index in [1.165, 1.54) is 18.2 Å². The minimum absolute atomic E-state index is 0.0298. The molecule has 27 heavy (non-hydrogen) atoms. The van der Waals surface area contributed by atoms with Crippen molar-refractivity contribution in [2.45, 2.75) is 24.9 Å². The quantitative estimate of drug-likeness (QED) is 0.644. The predicted octanol–water partition coefficient (Wildman–Crippen LogP) is 3.89. The topological polar surface area (TPSA) is 75.5 Å². The van der Waals surface area contributed by atoms with E-state index in [0.29, 0.717) is 10.6 Å². The molecule has 2 aromatic carbocycles. The standard InChI is InChI=1S/C20H18ClN3O3/c1-19(2)15-5-3-4-6-17(15)23-12-18(25)22-20(19,23)10-9-13-11-14(24(26)27)7-8-16(13)21/h3-11H,12H2,1-2H3,(H,22,25)/b10-9+/t20-/m1/s1. The van der Waals surface area contributed by atoms with Gasteiger partial charge in [0.25, 0.3) is 5.69 Å². The Hall–Kier alpha value is -2.86. The van der Waals surface area contributed by atoms with Gasteiger partial charge in [-0.25, -0.2) is 0 Å². The summed E-state index contributed by atoms with van der Waals surface area (Å²) >= 11 is 6.24. The van der Waals surface area contributed by atoms with E-state index in [0.717, 1.165) is 11.3 Å². The van der Waals surface area contributed by atoms with Crippen molar-refractivity contribution in [2.24, 2.45) is 0 Å². The summed E-state index contributed by atoms with van der Waals surface area (Å²) < 4.78 is 0. The maximum Gasteiger partial charge on any atom is 0.270 e. The highest BCUT2D eigenvalue weighted by Crippen LogP contribution is 2.52. The highest BCUT2D eigenvalue weighted by Gasteiger charge is 2.59. The smallest absolute Gasteiger partial charge is 0.270 e. The minimum Gasteiger partial charge on any atom is -0.335 e. The maximum atomic E-state index is 12.3. The first-order valence-electron chi connectivity index (χ1n) is 8.57. The third-order valence-corrected chi connectivity index (χ3v) is 5.92. The van der Waals surface area contributed by atoms with Crippen LogP contribution >= 0.6 is 11.6 Å². The number of non-ortho nitro benzene ring substituents is 1. The van der Waals surface area contributed by atoms with Gasteiger partial charge in [0.2, 0.25) is 5.91 Å². The third kappa shape index (κ3) is 2.44. The largest absolute Gasteiger partial charge is 0.335 e. The molecule has 2 aliphatic rings. The van der Waals surface area contributed by atoms with Crippen molar-refractivity contribution in [3.05, 3.63) is 74.8 Å². The molecule has 1 fully saturated rings. The molecule has 2 heterocycles. The molecular formula is C20H18ClN3O3. The van der Waals surface area contributed by atoms with Crippen molar-refractivity contribution in [3.63, 3.8) is 0 Å². The number of nitrogens with one attached hydrogen (secondary N) is 1. The third-order valence-electron chi connectivity index (χ3n) is 5.57. The summed E-state index contributed by atoms with van der Waals surface area (Å²) in [6.07, 6.45) is 3.64. The molecule has 0 saturated carbocycles. The zero-order chi connectivity index (χ0) is 19.4. The van der Waals surface area contributed by atoms with Crippen molar-refractivity contribution in [2.75, 3.05) is 11.4 Å². The fourth-order valence-corrected chi connectivity index (χ4v) is 4.30. The van der Waals surface area contributed by atoms with E-state index in [1.54, 1.807) is 6.08 Å². The number of nitro benzene ring substituents is 1. The second kappa shape index (κ2) is 5.82. The van der Waals surface area contributed by atoms with Gasteiger partial charge in [-0.2, -0.15) is 0 Å². The average molecular weight is 384 g/mol. The van der Waals surface area contributed by atoms with Crippen LogP contribution in [0.3, 0.4) is 0 Å². The Morgan fingerprint density at radius 1 is 1.26 bits per heavy atom. The molecule has 0 aromatic heterocycles. The van der Waals surface area contributed by atoms with Crippen LogP contribution in [-0.4, -0.2) is 23.0 Å². The summed E-state index contributed by atoms with van der Waals surface area (Å²) in [5.74, 6) is -0.0626. The summed E-state index contributed by atoms with van der Waals surface area (Å²) in [4.78, 5) is 24.9. The van der Waals surface area contributed by atoms with Crippen LogP contribution in [-0.2, 0) is 10.2 Å². The molecule has 0 spiro atoms. The van der Waals surface area contributed by atoms with Crippen molar-refractivity contribution in [1.29, 1.82) is 0 Å². The van der Waals surface area contributed by atoms with Gasteiger partial charge in [-0.05, 0) is 29.3 Å². The second-order valence-corrected chi connectivity index (χ2v) is 7.75. The number of nitro groups is 1. The van der Waals surface area contributed by atoms with E-state index in [9.17, 15) is 14.9 Å². The van der Waals surface area contributed by atoms with Crippen molar-refractivity contribution < 1.29 is 9.72 Å². The van der Waals surface area contributed by atoms with E-state index in [2.05, 4.69) is 25.2 Å². The Balaban J connectivity index is 1.83. The summed E-state index contributed by atoms with van der Waals surface area (Å²) in [5, 5.41) is 14.6. The summed E-state index contributed by atoms with van der Waals surface area (Å²) in [7, 11) is 0. The van der Waals surface area contributed by atoms with Crippen LogP contribution in [0.25, 0.3) is 6.08 Å². The molecule has 4 rings (SSSR count). The van der Waals surface area contributed by atoms with Gasteiger partial charge >= 0.3 is 0 Å². The average Bonchev–Trinajstić information content (AvgIpc) is 3.06. The van der Waals surface area contributed by atoms with Gasteiger partial charge in [0.1, 0.15) is 5.66 Å². The number of rotatable bonds is 3. The molecule has 1 amide bonds. The van der Waals surface area contributed by atoms with Gasteiger partial charge < -0.3 is 10.2 Å². The first kappa shape index (κ1) is 17.5. The summed E-state index contributed by atoms with van der Waals surface area (Å²) in [6, 6.07) is 12.3. The number of fused-ring (bicyclic) bond motifs is 3. The molecule has 7 heteroatoms. The molecule has 1 atom stereocenters. The van der Waals surface area contributed by atoms with Gasteiger partial charge in [-0.1, -0.05) is 49.7 Å². The SMILES string of the molecule is CC1(C)c2ccccc2N2CC(=O)N[C@]21/C=C/c1cc([N+](=O)[O-])ccc1Cl. The lowest BCUT2D eigenvalue weighted by molar-refractivity contribution is -0.384. The lowest BCUT2D eigenvalue weighted by Crippen LogP contribution is -2.58. The molecule has 2 aliphatic heterocycles. The Kier molecular flexibility index (Phi) is 3.78. The van der Waals surface area contributed by atoms with Gasteiger partial charge in [0.15, 0.2) is 0 Å². The van der Waals surface area contributed by atoms with Crippen LogP contribution in [0.5, 0.6) is 0 Å². The molecule has 138 valence electrons. The minimum atomic E-state index is -0.762. The molecule has 1 N–H and O–H groups in total. The van der Waals surface area contributed by atoms with Crippen LogP contribution in [0, 0.1) is 10.1 Å². The lowest BCUT2D eigenvalue weighted by atomic mass is 9.75. The van der Waals surface area contributed by atoms with Crippen LogP contribution < -0.4 is 10.2 Å². The fourth-order valence-electron chi connectivity index (χ4n) is 4.12. The normalized spacial score (nSPS) is 22.6. The van der Waals surface area contributed by atoms with E-state index in [1.807, 2.05) is 29.2 Å². The number of carbonyl (C=O) groups is 1. The lowest BCUT2D eigenvalue weighted by Gasteiger charge is -2.40. The Bertz CT molecular complexity index is 1000. The number of benzene rings is 2. The highest BCUT2D eigenvalue weighted by atomic mass is 35.5. The van der Waals surface area contributed by atoms with Crippen LogP contribution in [0.4, 0.5) is 11.4 Å². The van der Waals surface area contributed by atoms with Gasteiger partial charge in [0, 0.05) is 28.3 Å². The molecule has 6 nitrogen and oxygen atoms in total. The van der Waals surface area contributed by atoms with Crippen molar-refractivity contribution in [3.8, 4) is 0 Å². The number of halogens is 1. The van der Waals surface area contributed by atoms with Crippen LogP contribution in [0.15, 0.2) is 48.5 Å². The number of hydrogen-bond acceptors (Lipinski definition) is 4. The van der Waals surface area contributed by atoms with E-state index in [-0.39, 0.29) is 18.1 Å².